The molecule has 0 saturated heterocycles. The molecule has 0 fully saturated rings. The van der Waals surface area contributed by atoms with Crippen molar-refractivity contribution in [2.45, 2.75) is 47.4 Å². The Labute approximate surface area is 354 Å². The molecule has 0 spiro atoms. The predicted octanol–water partition coefficient (Wildman–Crippen LogP) is 11.4. The molecule has 4 heterocycles. The van der Waals surface area contributed by atoms with Crippen molar-refractivity contribution < 1.29 is 35.9 Å². The Morgan fingerprint density at radius 2 is 1.51 bits per heavy atom. The summed E-state index contributed by atoms with van der Waals surface area (Å²) in [6, 6.07) is 48.2. The fourth-order valence-corrected chi connectivity index (χ4v) is 7.21. The molecule has 0 aliphatic carbocycles. The first-order valence-electron chi connectivity index (χ1n) is 20.9. The van der Waals surface area contributed by atoms with E-state index in [4.69, 9.17) is 15.2 Å². The molecule has 0 radical (unpaired) electrons. The first kappa shape index (κ1) is 33.3. The number of pyridine rings is 2. The molecule has 0 atom stereocenters. The summed E-state index contributed by atoms with van der Waals surface area (Å²) in [5, 5.41) is 1.95. The molecule has 0 bridgehead atoms. The number of hydrogen-bond acceptors (Lipinski definition) is 3. The van der Waals surface area contributed by atoms with Gasteiger partial charge in [-0.1, -0.05) is 131 Å². The van der Waals surface area contributed by atoms with Crippen LogP contribution in [0.2, 0.25) is 0 Å². The van der Waals surface area contributed by atoms with E-state index in [0.29, 0.717) is 34.3 Å². The van der Waals surface area contributed by atoms with E-state index < -0.39 is 18.2 Å². The smallest absolute Gasteiger partial charge is 0.269 e. The SMILES string of the molecule is [2H]C([2H])(c1cccc(-[n+]2[c-]n(-c3[c-]c(Oc4[c-]c5c(cc4)c4cc(-c6ccccc6)ccc4n5-c4cc(C([2H])([2H])C(C)(C)C)ccn4)ccn3)c3ccccc32)c1)C(C)C.[Pt]. The van der Waals surface area contributed by atoms with Crippen LogP contribution in [-0.4, -0.2) is 19.1 Å². The molecule has 9 rings (SSSR count). The van der Waals surface area contributed by atoms with Gasteiger partial charge in [0.05, 0.1) is 22.5 Å². The maximum atomic E-state index is 9.04. The predicted molar refractivity (Wildman–Crippen MR) is 225 cm³/mol. The number of rotatable bonds is 9. The van der Waals surface area contributed by atoms with Crippen LogP contribution >= 0.6 is 0 Å². The zero-order valence-electron chi connectivity index (χ0n) is 36.3. The Balaban J connectivity index is 0.00000514. The van der Waals surface area contributed by atoms with Crippen LogP contribution < -0.4 is 9.30 Å². The van der Waals surface area contributed by atoms with Gasteiger partial charge in [-0.15, -0.1) is 17.5 Å². The van der Waals surface area contributed by atoms with Crippen molar-refractivity contribution in [2.24, 2.45) is 11.3 Å². The largest absolute Gasteiger partial charge is 0.522 e. The van der Waals surface area contributed by atoms with Gasteiger partial charge in [0.2, 0.25) is 0 Å². The van der Waals surface area contributed by atoms with Crippen LogP contribution in [0.1, 0.15) is 51.2 Å². The number of fused-ring (bicyclic) bond motifs is 4. The van der Waals surface area contributed by atoms with Crippen molar-refractivity contribution in [3.8, 4) is 39.9 Å². The van der Waals surface area contributed by atoms with Crippen LogP contribution in [0.25, 0.3) is 61.3 Å². The van der Waals surface area contributed by atoms with Crippen LogP contribution in [0.4, 0.5) is 0 Å². The third-order valence-electron chi connectivity index (χ3n) is 9.46. The summed E-state index contributed by atoms with van der Waals surface area (Å²) < 4.78 is 47.8. The summed E-state index contributed by atoms with van der Waals surface area (Å²) in [7, 11) is 0. The summed E-state index contributed by atoms with van der Waals surface area (Å²) in [6.45, 7) is 9.48. The maximum Gasteiger partial charge on any atom is 0.269 e. The third kappa shape index (κ3) is 7.80. The Morgan fingerprint density at radius 1 is 0.719 bits per heavy atom. The summed E-state index contributed by atoms with van der Waals surface area (Å²) in [5.74, 6) is 1.72. The van der Waals surface area contributed by atoms with Gasteiger partial charge in [0.1, 0.15) is 5.82 Å². The van der Waals surface area contributed by atoms with Gasteiger partial charge < -0.3 is 9.30 Å². The molecule has 0 aliphatic rings. The van der Waals surface area contributed by atoms with Gasteiger partial charge in [0, 0.05) is 44.0 Å². The summed E-state index contributed by atoms with van der Waals surface area (Å²) in [5.41, 5.74) is 6.81. The minimum atomic E-state index is -1.62. The standard InChI is InChI=1S/C50H43N5O.Pt/c1-34(2)26-35-12-11-15-39(27-35)53-33-54(46-17-10-9-16-45(46)53)48-31-41(23-25-51-48)56-40-19-20-42-43-29-38(37-13-7-6-8-14-37)18-21-44(43)55(47(42)30-40)49-28-36(22-24-52-49)32-50(3,4)5;/h6-25,27-29,34H,26,32H2,1-5H3;/q-2;/i26D2,32D2;. The molecule has 0 aliphatic heterocycles. The van der Waals surface area contributed by atoms with E-state index >= 15 is 0 Å². The fourth-order valence-electron chi connectivity index (χ4n) is 7.21. The van der Waals surface area contributed by atoms with Crippen molar-refractivity contribution in [3.63, 3.8) is 0 Å². The molecule has 7 heteroatoms. The molecular weight excluding hydrogens is 882 g/mol. The number of para-hydroxylation sites is 2. The van der Waals surface area contributed by atoms with E-state index in [0.717, 1.165) is 49.7 Å². The normalized spacial score (nSPS) is 13.3. The second-order valence-corrected chi connectivity index (χ2v) is 15.3. The Hall–Kier alpha value is -5.84. The van der Waals surface area contributed by atoms with Crippen molar-refractivity contribution >= 4 is 32.8 Å². The van der Waals surface area contributed by atoms with E-state index in [-0.39, 0.29) is 27.0 Å². The number of ether oxygens (including phenoxy) is 1. The molecule has 0 saturated carbocycles. The number of imidazole rings is 1. The maximum absolute atomic E-state index is 9.04. The molecule has 4 aromatic heterocycles. The number of nitrogens with zero attached hydrogens (tertiary/aromatic N) is 5. The summed E-state index contributed by atoms with van der Waals surface area (Å²) >= 11 is 0. The summed E-state index contributed by atoms with van der Waals surface area (Å²) in [4.78, 5) is 9.45. The molecule has 5 aromatic carbocycles. The number of benzene rings is 5. The van der Waals surface area contributed by atoms with Crippen molar-refractivity contribution in [1.29, 1.82) is 0 Å². The summed E-state index contributed by atoms with van der Waals surface area (Å²) in [6.07, 6.45) is 3.67. The topological polar surface area (TPSA) is 48.8 Å². The van der Waals surface area contributed by atoms with Gasteiger partial charge in [-0.2, -0.15) is 18.2 Å². The molecule has 0 amide bonds. The van der Waals surface area contributed by atoms with Gasteiger partial charge in [-0.3, -0.25) is 14.1 Å². The minimum Gasteiger partial charge on any atom is -0.522 e. The average molecular weight is 929 g/mol. The van der Waals surface area contributed by atoms with Gasteiger partial charge in [0.15, 0.2) is 0 Å². The molecule has 0 N–H and O–H groups in total. The van der Waals surface area contributed by atoms with Crippen LogP contribution in [0, 0.1) is 29.8 Å². The average Bonchev–Trinajstić information content (AvgIpc) is 3.79. The second kappa shape index (κ2) is 15.6. The van der Waals surface area contributed by atoms with E-state index in [9.17, 15) is 0 Å². The van der Waals surface area contributed by atoms with Gasteiger partial charge in [0.25, 0.3) is 6.33 Å². The van der Waals surface area contributed by atoms with Crippen LogP contribution in [0.5, 0.6) is 11.5 Å². The quantitative estimate of drug-likeness (QED) is 0.107. The van der Waals surface area contributed by atoms with Crippen LogP contribution in [0.15, 0.2) is 140 Å². The van der Waals surface area contributed by atoms with E-state index in [1.165, 1.54) is 0 Å². The van der Waals surface area contributed by atoms with Gasteiger partial charge >= 0.3 is 0 Å². The number of aromatic nitrogens is 5. The third-order valence-corrected chi connectivity index (χ3v) is 9.46. The first-order valence-corrected chi connectivity index (χ1v) is 18.9. The molecular formula is C50H43N5OPt-2. The number of hydrogen-bond donors (Lipinski definition) is 0. The van der Waals surface area contributed by atoms with E-state index in [2.05, 4.69) is 53.8 Å². The fraction of sp³-hybridized carbons (Fsp3) is 0.180. The first-order chi connectivity index (χ1) is 28.7. The molecule has 57 heavy (non-hydrogen) atoms. The van der Waals surface area contributed by atoms with Gasteiger partial charge in [-0.05, 0) is 82.2 Å². The van der Waals surface area contributed by atoms with Crippen LogP contribution in [0.3, 0.4) is 0 Å². The van der Waals surface area contributed by atoms with E-state index in [1.54, 1.807) is 24.5 Å². The zero-order valence-corrected chi connectivity index (χ0v) is 34.6. The molecule has 0 unspecified atom stereocenters. The van der Waals surface area contributed by atoms with Crippen molar-refractivity contribution in [2.75, 3.05) is 0 Å². The monoisotopic (exact) mass is 928 g/mol. The minimum absolute atomic E-state index is 0. The van der Waals surface area contributed by atoms with Gasteiger partial charge in [-0.25, -0.2) is 4.98 Å². The van der Waals surface area contributed by atoms with Crippen molar-refractivity contribution in [1.82, 2.24) is 19.1 Å². The Kier molecular flexibility index (Phi) is 9.11. The van der Waals surface area contributed by atoms with Crippen LogP contribution in [-0.2, 0) is 33.8 Å². The molecule has 286 valence electrons. The second-order valence-electron chi connectivity index (χ2n) is 15.3. The Bertz CT molecular complexity index is 3060. The van der Waals surface area contributed by atoms with E-state index in [1.807, 2.05) is 133 Å². The molecule has 6 nitrogen and oxygen atoms in total. The molecule has 9 aromatic rings. The Morgan fingerprint density at radius 3 is 2.33 bits per heavy atom. The zero-order chi connectivity index (χ0) is 42.0. The van der Waals surface area contributed by atoms with Crippen molar-refractivity contribution in [3.05, 3.63) is 169 Å².